The summed E-state index contributed by atoms with van der Waals surface area (Å²) in [7, 11) is 2.16. The molecule has 1 N–H and O–H groups in total. The molecule has 2 aromatic rings. The van der Waals surface area contributed by atoms with E-state index in [0.717, 1.165) is 30.7 Å². The second-order valence-corrected chi connectivity index (χ2v) is 6.02. The van der Waals surface area contributed by atoms with E-state index in [2.05, 4.69) is 28.4 Å². The zero-order chi connectivity index (χ0) is 15.1. The number of hydrogen-bond acceptors (Lipinski definition) is 3. The van der Waals surface area contributed by atoms with Crippen molar-refractivity contribution in [2.75, 3.05) is 13.6 Å². The SMILES string of the molecule is Cc1nc2c(C(=O)O)cccc2n1C1CCN(C)C(C)C1. The number of para-hydroxylation sites is 1. The molecule has 1 aliphatic heterocycles. The molecule has 2 unspecified atom stereocenters. The first-order valence-electron chi connectivity index (χ1n) is 7.40. The van der Waals surface area contributed by atoms with Gasteiger partial charge in [-0.25, -0.2) is 9.78 Å². The smallest absolute Gasteiger partial charge is 0.337 e. The molecular formula is C16H21N3O2. The Morgan fingerprint density at radius 3 is 2.86 bits per heavy atom. The number of nitrogens with zero attached hydrogens (tertiary/aromatic N) is 3. The van der Waals surface area contributed by atoms with Crippen molar-refractivity contribution < 1.29 is 9.90 Å². The van der Waals surface area contributed by atoms with Crippen LogP contribution < -0.4 is 0 Å². The number of benzene rings is 1. The summed E-state index contributed by atoms with van der Waals surface area (Å²) in [5.41, 5.74) is 1.83. The van der Waals surface area contributed by atoms with E-state index >= 15 is 0 Å². The number of carboxylic acids is 1. The molecule has 112 valence electrons. The lowest BCUT2D eigenvalue weighted by molar-refractivity contribution is 0.0699. The molecule has 0 amide bonds. The van der Waals surface area contributed by atoms with E-state index in [1.54, 1.807) is 6.07 Å². The molecule has 21 heavy (non-hydrogen) atoms. The van der Waals surface area contributed by atoms with Crippen molar-refractivity contribution >= 4 is 17.0 Å². The van der Waals surface area contributed by atoms with Crippen LogP contribution in [0.2, 0.25) is 0 Å². The van der Waals surface area contributed by atoms with Gasteiger partial charge in [0.2, 0.25) is 0 Å². The number of aromatic nitrogens is 2. The van der Waals surface area contributed by atoms with Gasteiger partial charge in [0.05, 0.1) is 11.1 Å². The second kappa shape index (κ2) is 5.15. The zero-order valence-electron chi connectivity index (χ0n) is 12.7. The molecule has 1 saturated heterocycles. The minimum absolute atomic E-state index is 0.287. The summed E-state index contributed by atoms with van der Waals surface area (Å²) in [6, 6.07) is 6.33. The molecular weight excluding hydrogens is 266 g/mol. The van der Waals surface area contributed by atoms with Gasteiger partial charge >= 0.3 is 5.97 Å². The number of aromatic carboxylic acids is 1. The van der Waals surface area contributed by atoms with Crippen molar-refractivity contribution in [3.8, 4) is 0 Å². The van der Waals surface area contributed by atoms with Crippen molar-refractivity contribution in [2.45, 2.75) is 38.8 Å². The van der Waals surface area contributed by atoms with E-state index in [0.29, 0.717) is 17.6 Å². The van der Waals surface area contributed by atoms with Crippen LogP contribution in [0.15, 0.2) is 18.2 Å². The van der Waals surface area contributed by atoms with E-state index < -0.39 is 5.97 Å². The summed E-state index contributed by atoms with van der Waals surface area (Å²) in [5.74, 6) is -0.0116. The van der Waals surface area contributed by atoms with Gasteiger partial charge in [0.15, 0.2) is 0 Å². The van der Waals surface area contributed by atoms with Crippen LogP contribution >= 0.6 is 0 Å². The number of hydrogen-bond donors (Lipinski definition) is 1. The topological polar surface area (TPSA) is 58.4 Å². The molecule has 2 heterocycles. The summed E-state index contributed by atoms with van der Waals surface area (Å²) in [6.07, 6.45) is 2.14. The molecule has 5 nitrogen and oxygen atoms in total. The second-order valence-electron chi connectivity index (χ2n) is 6.02. The van der Waals surface area contributed by atoms with Crippen molar-refractivity contribution in [2.24, 2.45) is 0 Å². The highest BCUT2D eigenvalue weighted by atomic mass is 16.4. The van der Waals surface area contributed by atoms with E-state index in [-0.39, 0.29) is 5.56 Å². The summed E-state index contributed by atoms with van der Waals surface area (Å²) in [5, 5.41) is 9.31. The number of rotatable bonds is 2. The normalized spacial score (nSPS) is 23.6. The third-order valence-electron chi connectivity index (χ3n) is 4.67. The van der Waals surface area contributed by atoms with E-state index in [4.69, 9.17) is 0 Å². The van der Waals surface area contributed by atoms with Gasteiger partial charge in [0.1, 0.15) is 11.3 Å². The summed E-state index contributed by atoms with van der Waals surface area (Å²) < 4.78 is 2.23. The van der Waals surface area contributed by atoms with Gasteiger partial charge < -0.3 is 14.6 Å². The van der Waals surface area contributed by atoms with Crippen LogP contribution in [0.4, 0.5) is 0 Å². The Morgan fingerprint density at radius 1 is 1.43 bits per heavy atom. The Morgan fingerprint density at radius 2 is 2.19 bits per heavy atom. The number of piperidine rings is 1. The predicted molar refractivity (Wildman–Crippen MR) is 81.8 cm³/mol. The Bertz CT molecular complexity index is 692. The van der Waals surface area contributed by atoms with Crippen molar-refractivity contribution in [1.82, 2.24) is 14.5 Å². The van der Waals surface area contributed by atoms with Gasteiger partial charge in [-0.15, -0.1) is 0 Å². The largest absolute Gasteiger partial charge is 0.478 e. The van der Waals surface area contributed by atoms with Crippen LogP contribution in [0.5, 0.6) is 0 Å². The lowest BCUT2D eigenvalue weighted by atomic mass is 9.98. The Hall–Kier alpha value is -1.88. The van der Waals surface area contributed by atoms with Crippen molar-refractivity contribution in [3.63, 3.8) is 0 Å². The van der Waals surface area contributed by atoms with Crippen LogP contribution in [-0.4, -0.2) is 45.2 Å². The summed E-state index contributed by atoms with van der Waals surface area (Å²) in [4.78, 5) is 18.2. The minimum atomic E-state index is -0.915. The monoisotopic (exact) mass is 287 g/mol. The third-order valence-corrected chi connectivity index (χ3v) is 4.67. The standard InChI is InChI=1S/C16H21N3O2/c1-10-9-12(7-8-18(10)3)19-11(2)17-15-13(16(20)21)5-4-6-14(15)19/h4-6,10,12H,7-9H2,1-3H3,(H,20,21). The molecule has 2 atom stereocenters. The first-order valence-corrected chi connectivity index (χ1v) is 7.40. The molecule has 0 radical (unpaired) electrons. The zero-order valence-corrected chi connectivity index (χ0v) is 12.7. The van der Waals surface area contributed by atoms with Crippen LogP contribution in [0.1, 0.15) is 42.0 Å². The molecule has 1 aliphatic rings. The fourth-order valence-corrected chi connectivity index (χ4v) is 3.37. The van der Waals surface area contributed by atoms with E-state index in [1.165, 1.54) is 0 Å². The third kappa shape index (κ3) is 2.31. The highest BCUT2D eigenvalue weighted by Gasteiger charge is 2.27. The molecule has 0 bridgehead atoms. The lowest BCUT2D eigenvalue weighted by Gasteiger charge is -2.36. The molecule has 0 saturated carbocycles. The summed E-state index contributed by atoms with van der Waals surface area (Å²) >= 11 is 0. The fourth-order valence-electron chi connectivity index (χ4n) is 3.37. The molecule has 1 aromatic carbocycles. The maximum absolute atomic E-state index is 11.4. The van der Waals surface area contributed by atoms with E-state index in [1.807, 2.05) is 19.1 Å². The average Bonchev–Trinajstić information content (AvgIpc) is 2.77. The Balaban J connectivity index is 2.09. The molecule has 1 aromatic heterocycles. The number of carbonyl (C=O) groups is 1. The van der Waals surface area contributed by atoms with Crippen molar-refractivity contribution in [1.29, 1.82) is 0 Å². The quantitative estimate of drug-likeness (QED) is 0.922. The van der Waals surface area contributed by atoms with Crippen LogP contribution in [-0.2, 0) is 0 Å². The van der Waals surface area contributed by atoms with Gasteiger partial charge in [-0.05, 0) is 45.9 Å². The minimum Gasteiger partial charge on any atom is -0.478 e. The van der Waals surface area contributed by atoms with Gasteiger partial charge in [0, 0.05) is 18.6 Å². The fraction of sp³-hybridized carbons (Fsp3) is 0.500. The van der Waals surface area contributed by atoms with Crippen molar-refractivity contribution in [3.05, 3.63) is 29.6 Å². The first kappa shape index (κ1) is 14.1. The molecule has 5 heteroatoms. The number of aryl methyl sites for hydroxylation is 1. The molecule has 0 spiro atoms. The molecule has 1 fully saturated rings. The Kier molecular flexibility index (Phi) is 3.45. The van der Waals surface area contributed by atoms with Crippen LogP contribution in [0.3, 0.4) is 0 Å². The van der Waals surface area contributed by atoms with Crippen LogP contribution in [0.25, 0.3) is 11.0 Å². The highest BCUT2D eigenvalue weighted by molar-refractivity contribution is 6.01. The number of fused-ring (bicyclic) bond motifs is 1. The average molecular weight is 287 g/mol. The molecule has 3 rings (SSSR count). The maximum atomic E-state index is 11.4. The lowest BCUT2D eigenvalue weighted by Crippen LogP contribution is -2.38. The van der Waals surface area contributed by atoms with Gasteiger partial charge in [-0.2, -0.15) is 0 Å². The van der Waals surface area contributed by atoms with Gasteiger partial charge in [-0.3, -0.25) is 0 Å². The Labute approximate surface area is 124 Å². The van der Waals surface area contributed by atoms with Crippen LogP contribution in [0, 0.1) is 6.92 Å². The predicted octanol–water partition coefficient (Wildman–Crippen LogP) is 2.70. The first-order chi connectivity index (χ1) is 9.99. The van der Waals surface area contributed by atoms with Gasteiger partial charge in [-0.1, -0.05) is 6.07 Å². The number of carboxylic acid groups (broad SMARTS) is 1. The van der Waals surface area contributed by atoms with E-state index in [9.17, 15) is 9.90 Å². The highest BCUT2D eigenvalue weighted by Crippen LogP contribution is 2.31. The number of likely N-dealkylation sites (tertiary alicyclic amines) is 1. The maximum Gasteiger partial charge on any atom is 0.337 e. The molecule has 0 aliphatic carbocycles. The summed E-state index contributed by atoms with van der Waals surface area (Å²) in [6.45, 7) is 5.27. The number of imidazole rings is 1. The van der Waals surface area contributed by atoms with Gasteiger partial charge in [0.25, 0.3) is 0 Å².